The summed E-state index contributed by atoms with van der Waals surface area (Å²) in [7, 11) is 0. The van der Waals surface area contributed by atoms with Crippen LogP contribution in [0.5, 0.6) is 0 Å². The summed E-state index contributed by atoms with van der Waals surface area (Å²) in [5, 5.41) is 8.90. The molecule has 0 fully saturated rings. The third-order valence-electron chi connectivity index (χ3n) is 2.33. The quantitative estimate of drug-likeness (QED) is 0.702. The van der Waals surface area contributed by atoms with Crippen LogP contribution in [-0.4, -0.2) is 36.2 Å². The van der Waals surface area contributed by atoms with Gasteiger partial charge >= 0.3 is 0 Å². The van der Waals surface area contributed by atoms with E-state index in [4.69, 9.17) is 15.3 Å². The van der Waals surface area contributed by atoms with Crippen LogP contribution in [-0.2, 0) is 0 Å². The zero-order valence-corrected chi connectivity index (χ0v) is 8.52. The maximum absolute atomic E-state index is 8.90. The van der Waals surface area contributed by atoms with Crippen molar-refractivity contribution in [3.05, 3.63) is 24.2 Å². The largest absolute Gasteiger partial charge is 0.468 e. The van der Waals surface area contributed by atoms with E-state index >= 15 is 0 Å². The summed E-state index contributed by atoms with van der Waals surface area (Å²) in [6.07, 6.45) is 1.64. The molecule has 0 bridgehead atoms. The number of rotatable bonds is 6. The molecule has 1 aromatic rings. The van der Waals surface area contributed by atoms with Gasteiger partial charge in [-0.1, -0.05) is 6.92 Å². The molecule has 1 unspecified atom stereocenters. The standard InChI is InChI=1S/C10H18N2O2/c1-2-12(5-6-13)9(8-11)10-4-3-7-14-10/h3-4,7,9,13H,2,5-6,8,11H2,1H3. The van der Waals surface area contributed by atoms with Gasteiger partial charge in [-0.2, -0.15) is 0 Å². The van der Waals surface area contributed by atoms with Crippen LogP contribution in [0.25, 0.3) is 0 Å². The molecule has 0 spiro atoms. The Hall–Kier alpha value is -0.840. The molecule has 0 aliphatic rings. The molecule has 0 radical (unpaired) electrons. The Morgan fingerprint density at radius 1 is 1.64 bits per heavy atom. The van der Waals surface area contributed by atoms with E-state index in [2.05, 4.69) is 4.90 Å². The number of hydrogen-bond donors (Lipinski definition) is 2. The molecule has 0 aliphatic heterocycles. The molecule has 1 aromatic heterocycles. The summed E-state index contributed by atoms with van der Waals surface area (Å²) in [5.41, 5.74) is 5.69. The molecule has 1 heterocycles. The molecule has 0 saturated heterocycles. The molecule has 0 aliphatic carbocycles. The van der Waals surface area contributed by atoms with Crippen molar-refractivity contribution >= 4 is 0 Å². The lowest BCUT2D eigenvalue weighted by Gasteiger charge is -2.27. The number of nitrogens with zero attached hydrogens (tertiary/aromatic N) is 1. The number of likely N-dealkylation sites (N-methyl/N-ethyl adjacent to an activating group) is 1. The van der Waals surface area contributed by atoms with Gasteiger partial charge in [0.15, 0.2) is 0 Å². The highest BCUT2D eigenvalue weighted by Crippen LogP contribution is 2.19. The van der Waals surface area contributed by atoms with E-state index in [0.29, 0.717) is 13.1 Å². The van der Waals surface area contributed by atoms with Crippen LogP contribution in [0, 0.1) is 0 Å². The minimum Gasteiger partial charge on any atom is -0.468 e. The fourth-order valence-corrected chi connectivity index (χ4v) is 1.59. The lowest BCUT2D eigenvalue weighted by Crippen LogP contribution is -2.35. The SMILES string of the molecule is CCN(CCO)C(CN)c1ccco1. The van der Waals surface area contributed by atoms with Gasteiger partial charge in [0.1, 0.15) is 5.76 Å². The molecule has 4 heteroatoms. The fourth-order valence-electron chi connectivity index (χ4n) is 1.59. The van der Waals surface area contributed by atoms with Gasteiger partial charge < -0.3 is 15.3 Å². The van der Waals surface area contributed by atoms with Crippen molar-refractivity contribution in [1.29, 1.82) is 0 Å². The van der Waals surface area contributed by atoms with E-state index in [9.17, 15) is 0 Å². The lowest BCUT2D eigenvalue weighted by molar-refractivity contribution is 0.146. The van der Waals surface area contributed by atoms with Crippen molar-refractivity contribution in [2.24, 2.45) is 5.73 Å². The Kier molecular flexibility index (Phi) is 4.65. The topological polar surface area (TPSA) is 62.6 Å². The molecule has 3 N–H and O–H groups in total. The molecule has 0 aromatic carbocycles. The Bertz CT molecular complexity index is 236. The van der Waals surface area contributed by atoms with Gasteiger partial charge in [-0.15, -0.1) is 0 Å². The van der Waals surface area contributed by atoms with Crippen LogP contribution in [0.1, 0.15) is 18.7 Å². The molecule has 4 nitrogen and oxygen atoms in total. The van der Waals surface area contributed by atoms with Crippen LogP contribution in [0.2, 0.25) is 0 Å². The van der Waals surface area contributed by atoms with Gasteiger partial charge in [0.2, 0.25) is 0 Å². The predicted octanol–water partition coefficient (Wildman–Crippen LogP) is 0.594. The molecular weight excluding hydrogens is 180 g/mol. The summed E-state index contributed by atoms with van der Waals surface area (Å²) >= 11 is 0. The Morgan fingerprint density at radius 2 is 2.43 bits per heavy atom. The number of aliphatic hydroxyl groups is 1. The molecule has 0 saturated carbocycles. The first kappa shape index (κ1) is 11.2. The number of aliphatic hydroxyl groups excluding tert-OH is 1. The van der Waals surface area contributed by atoms with Gasteiger partial charge in [0, 0.05) is 13.1 Å². The highest BCUT2D eigenvalue weighted by Gasteiger charge is 2.19. The zero-order valence-electron chi connectivity index (χ0n) is 8.52. The van der Waals surface area contributed by atoms with E-state index in [1.807, 2.05) is 19.1 Å². The molecule has 0 amide bonds. The summed E-state index contributed by atoms with van der Waals surface area (Å²) in [5.74, 6) is 0.864. The molecular formula is C10H18N2O2. The van der Waals surface area contributed by atoms with Gasteiger partial charge in [-0.25, -0.2) is 0 Å². The summed E-state index contributed by atoms with van der Waals surface area (Å²) < 4.78 is 5.31. The van der Waals surface area contributed by atoms with Crippen molar-refractivity contribution in [2.45, 2.75) is 13.0 Å². The molecule has 80 valence electrons. The van der Waals surface area contributed by atoms with Crippen molar-refractivity contribution in [2.75, 3.05) is 26.2 Å². The molecule has 14 heavy (non-hydrogen) atoms. The zero-order chi connectivity index (χ0) is 10.4. The molecule has 1 atom stereocenters. The van der Waals surface area contributed by atoms with Gasteiger partial charge in [-0.3, -0.25) is 4.90 Å². The minimum atomic E-state index is 0.0714. The van der Waals surface area contributed by atoms with E-state index < -0.39 is 0 Å². The van der Waals surface area contributed by atoms with Crippen LogP contribution < -0.4 is 5.73 Å². The van der Waals surface area contributed by atoms with Gasteiger partial charge in [-0.05, 0) is 18.7 Å². The van der Waals surface area contributed by atoms with Crippen LogP contribution in [0.3, 0.4) is 0 Å². The maximum Gasteiger partial charge on any atom is 0.122 e. The molecule has 1 rings (SSSR count). The van der Waals surface area contributed by atoms with Gasteiger partial charge in [0.25, 0.3) is 0 Å². The van der Waals surface area contributed by atoms with E-state index in [-0.39, 0.29) is 12.6 Å². The van der Waals surface area contributed by atoms with Crippen LogP contribution >= 0.6 is 0 Å². The van der Waals surface area contributed by atoms with E-state index in [1.54, 1.807) is 6.26 Å². The lowest BCUT2D eigenvalue weighted by atomic mass is 10.2. The second kappa shape index (κ2) is 5.80. The van der Waals surface area contributed by atoms with Crippen molar-refractivity contribution in [3.8, 4) is 0 Å². The van der Waals surface area contributed by atoms with Crippen molar-refractivity contribution < 1.29 is 9.52 Å². The normalized spacial score (nSPS) is 13.4. The van der Waals surface area contributed by atoms with Crippen LogP contribution in [0.15, 0.2) is 22.8 Å². The monoisotopic (exact) mass is 198 g/mol. The summed E-state index contributed by atoms with van der Waals surface area (Å²) in [6, 6.07) is 3.84. The number of hydrogen-bond acceptors (Lipinski definition) is 4. The smallest absolute Gasteiger partial charge is 0.122 e. The minimum absolute atomic E-state index is 0.0714. The third-order valence-corrected chi connectivity index (χ3v) is 2.33. The van der Waals surface area contributed by atoms with Crippen molar-refractivity contribution in [3.63, 3.8) is 0 Å². The highest BCUT2D eigenvalue weighted by atomic mass is 16.3. The Labute approximate surface area is 84.3 Å². The van der Waals surface area contributed by atoms with Crippen molar-refractivity contribution in [1.82, 2.24) is 4.90 Å². The highest BCUT2D eigenvalue weighted by molar-refractivity contribution is 5.05. The second-order valence-corrected chi connectivity index (χ2v) is 3.12. The predicted molar refractivity (Wildman–Crippen MR) is 54.8 cm³/mol. The average molecular weight is 198 g/mol. The number of nitrogens with two attached hydrogens (primary N) is 1. The van der Waals surface area contributed by atoms with E-state index in [0.717, 1.165) is 12.3 Å². The van der Waals surface area contributed by atoms with E-state index in [1.165, 1.54) is 0 Å². The summed E-state index contributed by atoms with van der Waals surface area (Å²) in [4.78, 5) is 2.10. The second-order valence-electron chi connectivity index (χ2n) is 3.12. The third kappa shape index (κ3) is 2.57. The van der Waals surface area contributed by atoms with Gasteiger partial charge in [0.05, 0.1) is 18.9 Å². The Balaban J connectivity index is 2.68. The maximum atomic E-state index is 8.90. The average Bonchev–Trinajstić information content (AvgIpc) is 2.71. The fraction of sp³-hybridized carbons (Fsp3) is 0.600. The first-order valence-corrected chi connectivity index (χ1v) is 4.91. The first-order valence-electron chi connectivity index (χ1n) is 4.91. The Morgan fingerprint density at radius 3 is 2.86 bits per heavy atom. The van der Waals surface area contributed by atoms with Crippen LogP contribution in [0.4, 0.5) is 0 Å². The summed E-state index contributed by atoms with van der Waals surface area (Å²) in [6.45, 7) is 4.16. The number of furan rings is 1. The first-order chi connectivity index (χ1) is 6.83.